The summed E-state index contributed by atoms with van der Waals surface area (Å²) >= 11 is 0. The fraction of sp³-hybridized carbons (Fsp3) is 0. The molecule has 6 N–H and O–H groups in total. The molecular formula is C17H15N7O3S. The zero-order chi connectivity index (χ0) is 19.7. The van der Waals surface area contributed by atoms with Crippen molar-refractivity contribution in [1.29, 1.82) is 0 Å². The molecule has 2 aromatic carbocycles. The lowest BCUT2D eigenvalue weighted by molar-refractivity contribution is 0.102. The van der Waals surface area contributed by atoms with Gasteiger partial charge in [-0.3, -0.25) is 14.8 Å². The molecule has 11 heteroatoms. The van der Waals surface area contributed by atoms with Gasteiger partial charge in [-0.25, -0.2) is 18.4 Å². The molecule has 4 aromatic rings. The van der Waals surface area contributed by atoms with Gasteiger partial charge >= 0.3 is 0 Å². The van der Waals surface area contributed by atoms with E-state index in [1.54, 1.807) is 24.4 Å². The molecule has 0 radical (unpaired) electrons. The first kappa shape index (κ1) is 17.5. The molecule has 0 aliphatic heterocycles. The highest BCUT2D eigenvalue weighted by atomic mass is 32.2. The highest BCUT2D eigenvalue weighted by Gasteiger charge is 2.19. The van der Waals surface area contributed by atoms with Gasteiger partial charge in [-0.05, 0) is 24.3 Å². The number of aromatic nitrogens is 4. The number of nitrogens with two attached hydrogens (primary N) is 1. The van der Waals surface area contributed by atoms with Gasteiger partial charge in [-0.2, -0.15) is 0 Å². The number of carbonyl (C=O) groups excluding carboxylic acids is 1. The third-order valence-electron chi connectivity index (χ3n) is 3.89. The Morgan fingerprint density at radius 2 is 1.93 bits per heavy atom. The number of hydrogen-bond acceptors (Lipinski definition) is 6. The lowest BCUT2D eigenvalue weighted by Crippen LogP contribution is -2.16. The van der Waals surface area contributed by atoms with Gasteiger partial charge in [-0.1, -0.05) is 18.2 Å². The molecule has 0 aliphatic carbocycles. The standard InChI is InChI=1S/C17H15N7O3S/c18-16-21-13-9-10(24-28(26,27)11-4-2-1-3-5-11)8-12(14(13)22-16)15(25)23-17-19-6-7-20-17/h1-9,24H,(H3,18,21,22)(H2,19,20,23,25). The fourth-order valence-corrected chi connectivity index (χ4v) is 3.75. The Morgan fingerprint density at radius 1 is 1.14 bits per heavy atom. The first-order chi connectivity index (χ1) is 13.4. The Balaban J connectivity index is 1.75. The molecule has 0 aliphatic rings. The van der Waals surface area contributed by atoms with Crippen LogP contribution in [0, 0.1) is 0 Å². The number of sulfonamides is 1. The van der Waals surface area contributed by atoms with Crippen LogP contribution in [-0.2, 0) is 10.0 Å². The number of fused-ring (bicyclic) bond motifs is 1. The second kappa shape index (κ2) is 6.70. The third-order valence-corrected chi connectivity index (χ3v) is 5.29. The minimum atomic E-state index is -3.84. The second-order valence-electron chi connectivity index (χ2n) is 5.85. The molecule has 4 rings (SSSR count). The maximum absolute atomic E-state index is 12.7. The summed E-state index contributed by atoms with van der Waals surface area (Å²) in [7, 11) is -3.84. The van der Waals surface area contributed by atoms with Gasteiger partial charge in [0.2, 0.25) is 5.95 Å². The van der Waals surface area contributed by atoms with Crippen LogP contribution < -0.4 is 15.8 Å². The molecule has 2 aromatic heterocycles. The largest absolute Gasteiger partial charge is 0.369 e. The number of hydrogen-bond donors (Lipinski definition) is 5. The molecule has 0 fully saturated rings. The van der Waals surface area contributed by atoms with Crippen molar-refractivity contribution in [3.63, 3.8) is 0 Å². The summed E-state index contributed by atoms with van der Waals surface area (Å²) in [5, 5.41) is 2.59. The van der Waals surface area contributed by atoms with E-state index in [0.717, 1.165) is 0 Å². The Kier molecular flexibility index (Phi) is 4.20. The SMILES string of the molecule is Nc1nc2cc(NS(=O)(=O)c3ccccc3)cc(C(=O)Nc3ncc[nH]3)c2[nH]1. The summed E-state index contributed by atoms with van der Waals surface area (Å²) in [5.41, 5.74) is 6.76. The van der Waals surface area contributed by atoms with Crippen molar-refractivity contribution < 1.29 is 13.2 Å². The third kappa shape index (κ3) is 3.38. The maximum atomic E-state index is 12.7. The summed E-state index contributed by atoms with van der Waals surface area (Å²) < 4.78 is 27.7. The number of nitrogens with zero attached hydrogens (tertiary/aromatic N) is 2. The van der Waals surface area contributed by atoms with Gasteiger partial charge in [0.05, 0.1) is 27.2 Å². The molecule has 0 saturated heterocycles. The van der Waals surface area contributed by atoms with Crippen molar-refractivity contribution in [3.8, 4) is 0 Å². The summed E-state index contributed by atoms with van der Waals surface area (Å²) in [6, 6.07) is 10.8. The molecule has 0 atom stereocenters. The Morgan fingerprint density at radius 3 is 2.64 bits per heavy atom. The number of rotatable bonds is 5. The minimum absolute atomic E-state index is 0.0956. The highest BCUT2D eigenvalue weighted by Crippen LogP contribution is 2.25. The number of benzene rings is 2. The molecule has 2 heterocycles. The molecular weight excluding hydrogens is 382 g/mol. The van der Waals surface area contributed by atoms with Crippen LogP contribution in [0.1, 0.15) is 10.4 Å². The lowest BCUT2D eigenvalue weighted by atomic mass is 10.1. The molecule has 1 amide bonds. The van der Waals surface area contributed by atoms with Gasteiger partial charge in [0, 0.05) is 12.4 Å². The van der Waals surface area contributed by atoms with E-state index in [1.807, 2.05) is 0 Å². The number of anilines is 3. The first-order valence-corrected chi connectivity index (χ1v) is 9.58. The Hall–Kier alpha value is -3.86. The van der Waals surface area contributed by atoms with E-state index < -0.39 is 15.9 Å². The number of nitrogen functional groups attached to an aromatic ring is 1. The van der Waals surface area contributed by atoms with E-state index in [0.29, 0.717) is 11.0 Å². The normalized spacial score (nSPS) is 11.4. The number of carbonyl (C=O) groups is 1. The van der Waals surface area contributed by atoms with E-state index in [9.17, 15) is 13.2 Å². The molecule has 0 spiro atoms. The van der Waals surface area contributed by atoms with Crippen LogP contribution in [0.15, 0.2) is 59.8 Å². The Bertz CT molecular complexity index is 1250. The molecule has 142 valence electrons. The van der Waals surface area contributed by atoms with E-state index in [4.69, 9.17) is 5.73 Å². The second-order valence-corrected chi connectivity index (χ2v) is 7.53. The van der Waals surface area contributed by atoms with Crippen molar-refractivity contribution in [2.24, 2.45) is 0 Å². The topological polar surface area (TPSA) is 159 Å². The number of H-pyrrole nitrogens is 2. The Labute approximate surface area is 159 Å². The molecule has 0 unspecified atom stereocenters. The van der Waals surface area contributed by atoms with Crippen molar-refractivity contribution >= 4 is 44.5 Å². The van der Waals surface area contributed by atoms with Gasteiger partial charge in [0.25, 0.3) is 15.9 Å². The van der Waals surface area contributed by atoms with Crippen molar-refractivity contribution in [1.82, 2.24) is 19.9 Å². The molecule has 0 saturated carbocycles. The molecule has 0 bridgehead atoms. The molecule has 28 heavy (non-hydrogen) atoms. The summed E-state index contributed by atoms with van der Waals surface area (Å²) in [6.45, 7) is 0. The van der Waals surface area contributed by atoms with E-state index in [-0.39, 0.29) is 28.0 Å². The number of imidazole rings is 2. The van der Waals surface area contributed by atoms with E-state index in [1.165, 1.54) is 30.5 Å². The lowest BCUT2D eigenvalue weighted by Gasteiger charge is -2.10. The smallest absolute Gasteiger partial charge is 0.261 e. The average Bonchev–Trinajstić information content (AvgIpc) is 3.30. The predicted octanol–water partition coefficient (Wildman–Crippen LogP) is 1.92. The van der Waals surface area contributed by atoms with Crippen LogP contribution in [0.4, 0.5) is 17.6 Å². The number of aromatic amines is 2. The van der Waals surface area contributed by atoms with Crippen molar-refractivity contribution in [3.05, 3.63) is 60.4 Å². The quantitative estimate of drug-likeness (QED) is 0.346. The van der Waals surface area contributed by atoms with Crippen molar-refractivity contribution in [2.75, 3.05) is 15.8 Å². The number of nitrogens with one attached hydrogen (secondary N) is 4. The zero-order valence-corrected chi connectivity index (χ0v) is 15.1. The van der Waals surface area contributed by atoms with Gasteiger partial charge in [0.15, 0.2) is 5.95 Å². The number of amides is 1. The van der Waals surface area contributed by atoms with E-state index in [2.05, 4.69) is 30.0 Å². The summed E-state index contributed by atoms with van der Waals surface area (Å²) in [5.74, 6) is -0.157. The van der Waals surface area contributed by atoms with Crippen LogP contribution in [-0.4, -0.2) is 34.3 Å². The van der Waals surface area contributed by atoms with Gasteiger partial charge in [0.1, 0.15) is 0 Å². The van der Waals surface area contributed by atoms with Crippen LogP contribution in [0.3, 0.4) is 0 Å². The summed E-state index contributed by atoms with van der Waals surface area (Å²) in [6.07, 6.45) is 3.05. The molecule has 10 nitrogen and oxygen atoms in total. The minimum Gasteiger partial charge on any atom is -0.369 e. The van der Waals surface area contributed by atoms with Crippen LogP contribution >= 0.6 is 0 Å². The van der Waals surface area contributed by atoms with Crippen LogP contribution in [0.2, 0.25) is 0 Å². The van der Waals surface area contributed by atoms with E-state index >= 15 is 0 Å². The monoisotopic (exact) mass is 397 g/mol. The fourth-order valence-electron chi connectivity index (χ4n) is 2.69. The highest BCUT2D eigenvalue weighted by molar-refractivity contribution is 7.92. The average molecular weight is 397 g/mol. The maximum Gasteiger partial charge on any atom is 0.261 e. The van der Waals surface area contributed by atoms with Gasteiger partial charge < -0.3 is 15.7 Å². The summed E-state index contributed by atoms with van der Waals surface area (Å²) in [4.78, 5) is 26.4. The van der Waals surface area contributed by atoms with Crippen molar-refractivity contribution in [2.45, 2.75) is 4.90 Å². The van der Waals surface area contributed by atoms with Crippen LogP contribution in [0.5, 0.6) is 0 Å². The predicted molar refractivity (Wildman–Crippen MR) is 104 cm³/mol. The van der Waals surface area contributed by atoms with Crippen LogP contribution in [0.25, 0.3) is 11.0 Å². The zero-order valence-electron chi connectivity index (χ0n) is 14.3. The van der Waals surface area contributed by atoms with Gasteiger partial charge in [-0.15, -0.1) is 0 Å². The first-order valence-electron chi connectivity index (χ1n) is 8.10.